The first-order valence-corrected chi connectivity index (χ1v) is 9.41. The van der Waals surface area contributed by atoms with Gasteiger partial charge in [0.05, 0.1) is 5.56 Å². The molecule has 0 aromatic heterocycles. The van der Waals surface area contributed by atoms with Gasteiger partial charge in [0, 0.05) is 3.57 Å². The molecular formula is C21H14F3IO4. The van der Waals surface area contributed by atoms with Crippen LogP contribution in [0.3, 0.4) is 0 Å². The van der Waals surface area contributed by atoms with Gasteiger partial charge in [-0.1, -0.05) is 18.2 Å². The van der Waals surface area contributed by atoms with Crippen LogP contribution in [0, 0.1) is 3.57 Å². The number of benzene rings is 3. The van der Waals surface area contributed by atoms with Crippen molar-refractivity contribution in [1.29, 1.82) is 0 Å². The summed E-state index contributed by atoms with van der Waals surface area (Å²) in [6.45, 7) is 0.269. The lowest BCUT2D eigenvalue weighted by Crippen LogP contribution is -2.16. The van der Waals surface area contributed by atoms with E-state index < -0.39 is 6.36 Å². The third-order valence-corrected chi connectivity index (χ3v) is 4.46. The second kappa shape index (κ2) is 9.17. The third-order valence-electron chi connectivity index (χ3n) is 3.74. The molecule has 0 saturated carbocycles. The predicted molar refractivity (Wildman–Crippen MR) is 109 cm³/mol. The lowest BCUT2D eigenvalue weighted by atomic mass is 10.2. The minimum absolute atomic E-state index is 0.202. The normalized spacial score (nSPS) is 11.0. The molecule has 3 aromatic carbocycles. The van der Waals surface area contributed by atoms with Crippen LogP contribution >= 0.6 is 22.6 Å². The van der Waals surface area contributed by atoms with Crippen molar-refractivity contribution in [1.82, 2.24) is 0 Å². The van der Waals surface area contributed by atoms with E-state index in [1.54, 1.807) is 18.2 Å². The molecule has 0 saturated heterocycles. The number of carbonyl (C=O) groups excluding carboxylic acids is 1. The van der Waals surface area contributed by atoms with E-state index in [1.165, 1.54) is 12.1 Å². The van der Waals surface area contributed by atoms with Crippen LogP contribution in [-0.4, -0.2) is 12.6 Å². The lowest BCUT2D eigenvalue weighted by Gasteiger charge is -2.13. The van der Waals surface area contributed by atoms with Crippen molar-refractivity contribution in [3.63, 3.8) is 0 Å². The standard InChI is InChI=1S/C21H14F3IO4/c22-21(23,24)29-17-10-8-16(9-11-17)28-20-3-1-2-19(18(20)12-26)27-13-14-4-6-15(25)7-5-14/h1-12H,13H2. The van der Waals surface area contributed by atoms with Crippen molar-refractivity contribution in [2.24, 2.45) is 0 Å². The highest BCUT2D eigenvalue weighted by molar-refractivity contribution is 14.1. The molecule has 3 aromatic rings. The molecule has 150 valence electrons. The highest BCUT2D eigenvalue weighted by Crippen LogP contribution is 2.32. The van der Waals surface area contributed by atoms with E-state index in [-0.39, 0.29) is 29.4 Å². The molecule has 0 spiro atoms. The van der Waals surface area contributed by atoms with Gasteiger partial charge in [0.2, 0.25) is 0 Å². The Morgan fingerprint density at radius 1 is 0.862 bits per heavy atom. The molecule has 0 heterocycles. The van der Waals surface area contributed by atoms with E-state index >= 15 is 0 Å². The molecular weight excluding hydrogens is 500 g/mol. The van der Waals surface area contributed by atoms with Gasteiger partial charge >= 0.3 is 6.36 Å². The largest absolute Gasteiger partial charge is 0.573 e. The molecule has 29 heavy (non-hydrogen) atoms. The first kappa shape index (κ1) is 21.0. The molecule has 0 fully saturated rings. The number of hydrogen-bond acceptors (Lipinski definition) is 4. The monoisotopic (exact) mass is 514 g/mol. The first-order chi connectivity index (χ1) is 13.8. The summed E-state index contributed by atoms with van der Waals surface area (Å²) in [6, 6.07) is 17.5. The van der Waals surface area contributed by atoms with Crippen molar-refractivity contribution >= 4 is 28.9 Å². The first-order valence-electron chi connectivity index (χ1n) is 8.33. The highest BCUT2D eigenvalue weighted by Gasteiger charge is 2.31. The maximum Gasteiger partial charge on any atom is 0.573 e. The second-order valence-corrected chi connectivity index (χ2v) is 7.07. The van der Waals surface area contributed by atoms with Crippen LogP contribution in [0.4, 0.5) is 13.2 Å². The van der Waals surface area contributed by atoms with Gasteiger partial charge in [0.1, 0.15) is 29.6 Å². The van der Waals surface area contributed by atoms with Crippen LogP contribution in [0.5, 0.6) is 23.0 Å². The average molecular weight is 514 g/mol. The summed E-state index contributed by atoms with van der Waals surface area (Å²) >= 11 is 2.20. The van der Waals surface area contributed by atoms with Gasteiger partial charge in [-0.2, -0.15) is 0 Å². The Morgan fingerprint density at radius 3 is 2.10 bits per heavy atom. The molecule has 0 bridgehead atoms. The van der Waals surface area contributed by atoms with Gasteiger partial charge in [-0.25, -0.2) is 0 Å². The third kappa shape index (κ3) is 6.11. The van der Waals surface area contributed by atoms with Crippen LogP contribution in [0.2, 0.25) is 0 Å². The zero-order valence-corrected chi connectivity index (χ0v) is 16.9. The van der Waals surface area contributed by atoms with Gasteiger partial charge in [-0.3, -0.25) is 4.79 Å². The summed E-state index contributed by atoms with van der Waals surface area (Å²) in [5.74, 6) is 0.449. The van der Waals surface area contributed by atoms with E-state index in [1.807, 2.05) is 24.3 Å². The van der Waals surface area contributed by atoms with Gasteiger partial charge in [0.15, 0.2) is 6.29 Å². The van der Waals surface area contributed by atoms with E-state index in [0.717, 1.165) is 21.3 Å². The van der Waals surface area contributed by atoms with Crippen molar-refractivity contribution < 1.29 is 32.2 Å². The number of aldehydes is 1. The minimum atomic E-state index is -4.77. The Balaban J connectivity index is 1.73. The summed E-state index contributed by atoms with van der Waals surface area (Å²) in [5.41, 5.74) is 1.14. The average Bonchev–Trinajstić information content (AvgIpc) is 2.68. The zero-order chi connectivity index (χ0) is 20.9. The summed E-state index contributed by atoms with van der Waals surface area (Å²) in [7, 11) is 0. The number of alkyl halides is 3. The molecule has 0 aliphatic rings. The number of halogens is 4. The predicted octanol–water partition coefficient (Wildman–Crippen LogP) is 6.37. The van der Waals surface area contributed by atoms with Crippen molar-refractivity contribution in [2.45, 2.75) is 13.0 Å². The van der Waals surface area contributed by atoms with E-state index in [4.69, 9.17) is 9.47 Å². The Morgan fingerprint density at radius 2 is 1.48 bits per heavy atom. The quantitative estimate of drug-likeness (QED) is 0.272. The Kier molecular flexibility index (Phi) is 6.63. The van der Waals surface area contributed by atoms with Crippen LogP contribution in [-0.2, 0) is 6.61 Å². The number of ether oxygens (including phenoxy) is 3. The molecule has 0 amide bonds. The van der Waals surface area contributed by atoms with Crippen molar-refractivity contribution in [3.05, 3.63) is 81.4 Å². The molecule has 0 atom stereocenters. The maximum atomic E-state index is 12.2. The minimum Gasteiger partial charge on any atom is -0.488 e. The molecule has 0 radical (unpaired) electrons. The number of rotatable bonds is 7. The van der Waals surface area contributed by atoms with E-state index in [0.29, 0.717) is 12.0 Å². The van der Waals surface area contributed by atoms with Crippen LogP contribution < -0.4 is 14.2 Å². The van der Waals surface area contributed by atoms with Gasteiger partial charge in [0.25, 0.3) is 0 Å². The molecule has 0 unspecified atom stereocenters. The smallest absolute Gasteiger partial charge is 0.488 e. The van der Waals surface area contributed by atoms with Crippen molar-refractivity contribution in [2.75, 3.05) is 0 Å². The lowest BCUT2D eigenvalue weighted by molar-refractivity contribution is -0.274. The fraction of sp³-hybridized carbons (Fsp3) is 0.0952. The summed E-state index contributed by atoms with van der Waals surface area (Å²) in [6.07, 6.45) is -4.16. The number of carbonyl (C=O) groups is 1. The van der Waals surface area contributed by atoms with Gasteiger partial charge < -0.3 is 14.2 Å². The SMILES string of the molecule is O=Cc1c(OCc2ccc(I)cc2)cccc1Oc1ccc(OC(F)(F)F)cc1. The van der Waals surface area contributed by atoms with E-state index in [2.05, 4.69) is 27.3 Å². The Labute approximate surface area is 178 Å². The molecule has 0 aliphatic heterocycles. The number of hydrogen-bond donors (Lipinski definition) is 0. The topological polar surface area (TPSA) is 44.8 Å². The molecule has 3 rings (SSSR count). The van der Waals surface area contributed by atoms with Crippen LogP contribution in [0.1, 0.15) is 15.9 Å². The molecule has 0 aliphatic carbocycles. The Hall–Kier alpha value is -2.75. The summed E-state index contributed by atoms with van der Waals surface area (Å²) in [5, 5.41) is 0. The fourth-order valence-electron chi connectivity index (χ4n) is 2.43. The molecule has 4 nitrogen and oxygen atoms in total. The van der Waals surface area contributed by atoms with Crippen LogP contribution in [0.25, 0.3) is 0 Å². The Bertz CT molecular complexity index is 971. The molecule has 0 N–H and O–H groups in total. The van der Waals surface area contributed by atoms with E-state index in [9.17, 15) is 18.0 Å². The maximum absolute atomic E-state index is 12.2. The van der Waals surface area contributed by atoms with Gasteiger partial charge in [-0.15, -0.1) is 13.2 Å². The van der Waals surface area contributed by atoms with Gasteiger partial charge in [-0.05, 0) is 76.7 Å². The highest BCUT2D eigenvalue weighted by atomic mass is 127. The van der Waals surface area contributed by atoms with Crippen molar-refractivity contribution in [3.8, 4) is 23.0 Å². The summed E-state index contributed by atoms with van der Waals surface area (Å²) < 4.78 is 53.0. The van der Waals surface area contributed by atoms with Crippen LogP contribution in [0.15, 0.2) is 66.7 Å². The fourth-order valence-corrected chi connectivity index (χ4v) is 2.79. The zero-order valence-electron chi connectivity index (χ0n) is 14.8. The molecule has 8 heteroatoms. The second-order valence-electron chi connectivity index (χ2n) is 5.82. The summed E-state index contributed by atoms with van der Waals surface area (Å²) in [4.78, 5) is 11.6.